The summed E-state index contributed by atoms with van der Waals surface area (Å²) in [5.41, 5.74) is 10.7. The lowest BCUT2D eigenvalue weighted by Crippen LogP contribution is -2.09. The highest BCUT2D eigenvalue weighted by molar-refractivity contribution is 7.25. The molecule has 1 aromatic heterocycles. The molecule has 0 amide bonds. The first-order valence-electron chi connectivity index (χ1n) is 16.3. The van der Waals surface area contributed by atoms with Crippen LogP contribution >= 0.6 is 11.3 Å². The van der Waals surface area contributed by atoms with E-state index in [4.69, 9.17) is 0 Å². The van der Waals surface area contributed by atoms with Crippen molar-refractivity contribution in [3.63, 3.8) is 0 Å². The van der Waals surface area contributed by atoms with E-state index in [1.807, 2.05) is 11.3 Å². The van der Waals surface area contributed by atoms with Crippen LogP contribution in [0.5, 0.6) is 0 Å². The topological polar surface area (TPSA) is 3.24 Å². The third kappa shape index (κ3) is 5.04. The number of benzene rings is 8. The molecular weight excluding hydrogens is 599 g/mol. The first-order valence-corrected chi connectivity index (χ1v) is 17.2. The minimum absolute atomic E-state index is 1.12. The standard InChI is InChI=1S/C46H31NS/c1-2-17-37(18-3-1)47(38-28-26-33(27-29-38)42-23-11-25-45-46(42)43-21-6-7-24-44(43)48-45)39-19-9-15-35(31-39)34-14-8-16-36(30-34)41-22-10-13-32-12-4-5-20-40(32)41/h1-31H. The van der Waals surface area contributed by atoms with Gasteiger partial charge in [-0.1, -0.05) is 133 Å². The van der Waals surface area contributed by atoms with Crippen LogP contribution < -0.4 is 4.90 Å². The molecule has 0 fully saturated rings. The Hall–Kier alpha value is -5.96. The van der Waals surface area contributed by atoms with Gasteiger partial charge in [-0.15, -0.1) is 11.3 Å². The van der Waals surface area contributed by atoms with Crippen LogP contribution in [0.2, 0.25) is 0 Å². The van der Waals surface area contributed by atoms with Gasteiger partial charge >= 0.3 is 0 Å². The Kier molecular flexibility index (Phi) is 7.07. The van der Waals surface area contributed by atoms with Crippen LogP contribution in [0.15, 0.2) is 188 Å². The molecule has 8 aromatic carbocycles. The SMILES string of the molecule is c1ccc(N(c2ccc(-c3cccc4sc5ccccc5c34)cc2)c2cccc(-c3cccc(-c4cccc5ccccc45)c3)c2)cc1. The van der Waals surface area contributed by atoms with Gasteiger partial charge in [0.2, 0.25) is 0 Å². The molecule has 0 saturated heterocycles. The Morgan fingerprint density at radius 3 is 1.79 bits per heavy atom. The molecule has 0 aliphatic rings. The molecule has 0 unspecified atom stereocenters. The van der Waals surface area contributed by atoms with E-state index in [1.165, 1.54) is 64.3 Å². The summed E-state index contributed by atoms with van der Waals surface area (Å²) in [5, 5.41) is 5.19. The van der Waals surface area contributed by atoms with Crippen molar-refractivity contribution in [2.24, 2.45) is 0 Å². The highest BCUT2D eigenvalue weighted by Crippen LogP contribution is 2.42. The van der Waals surface area contributed by atoms with Crippen LogP contribution in [-0.4, -0.2) is 0 Å². The molecule has 0 N–H and O–H groups in total. The lowest BCUT2D eigenvalue weighted by Gasteiger charge is -2.26. The van der Waals surface area contributed by atoms with Crippen molar-refractivity contribution >= 4 is 59.3 Å². The molecule has 0 saturated carbocycles. The Bertz CT molecular complexity index is 2560. The first kappa shape index (κ1) is 28.3. The predicted molar refractivity (Wildman–Crippen MR) is 208 cm³/mol. The van der Waals surface area contributed by atoms with Gasteiger partial charge in [0.25, 0.3) is 0 Å². The molecule has 0 atom stereocenters. The van der Waals surface area contributed by atoms with Crippen LogP contribution in [0.25, 0.3) is 64.3 Å². The van der Waals surface area contributed by atoms with Crippen LogP contribution in [0, 0.1) is 0 Å². The smallest absolute Gasteiger partial charge is 0.0467 e. The minimum atomic E-state index is 1.12. The largest absolute Gasteiger partial charge is 0.310 e. The number of fused-ring (bicyclic) bond motifs is 4. The lowest BCUT2D eigenvalue weighted by molar-refractivity contribution is 1.28. The van der Waals surface area contributed by atoms with Gasteiger partial charge in [0, 0.05) is 37.2 Å². The highest BCUT2D eigenvalue weighted by Gasteiger charge is 2.16. The second-order valence-corrected chi connectivity index (χ2v) is 13.2. The Labute approximate surface area is 284 Å². The normalized spacial score (nSPS) is 11.3. The third-order valence-corrected chi connectivity index (χ3v) is 10.4. The van der Waals surface area contributed by atoms with Crippen LogP contribution in [0.4, 0.5) is 17.1 Å². The monoisotopic (exact) mass is 629 g/mol. The van der Waals surface area contributed by atoms with Crippen molar-refractivity contribution in [2.45, 2.75) is 0 Å². The second kappa shape index (κ2) is 12.0. The summed E-state index contributed by atoms with van der Waals surface area (Å²) < 4.78 is 2.65. The summed E-state index contributed by atoms with van der Waals surface area (Å²) in [6.45, 7) is 0. The summed E-state index contributed by atoms with van der Waals surface area (Å²) in [4.78, 5) is 2.35. The van der Waals surface area contributed by atoms with Crippen molar-refractivity contribution in [2.75, 3.05) is 4.90 Å². The van der Waals surface area contributed by atoms with Crippen molar-refractivity contribution in [1.29, 1.82) is 0 Å². The number of nitrogens with zero attached hydrogens (tertiary/aromatic N) is 1. The van der Waals surface area contributed by atoms with Crippen molar-refractivity contribution in [3.8, 4) is 33.4 Å². The zero-order valence-electron chi connectivity index (χ0n) is 26.3. The van der Waals surface area contributed by atoms with Gasteiger partial charge in [-0.25, -0.2) is 0 Å². The maximum absolute atomic E-state index is 2.35. The lowest BCUT2D eigenvalue weighted by atomic mass is 9.95. The fraction of sp³-hybridized carbons (Fsp3) is 0. The zero-order chi connectivity index (χ0) is 31.9. The van der Waals surface area contributed by atoms with E-state index in [0.29, 0.717) is 0 Å². The summed E-state index contributed by atoms with van der Waals surface area (Å²) in [6, 6.07) is 68.1. The Morgan fingerprint density at radius 2 is 0.917 bits per heavy atom. The number of para-hydroxylation sites is 1. The molecule has 9 aromatic rings. The molecule has 0 aliphatic carbocycles. The molecule has 226 valence electrons. The van der Waals surface area contributed by atoms with Crippen molar-refractivity contribution < 1.29 is 0 Å². The molecule has 48 heavy (non-hydrogen) atoms. The fourth-order valence-corrected chi connectivity index (χ4v) is 8.13. The molecule has 9 rings (SSSR count). The van der Waals surface area contributed by atoms with Gasteiger partial charge in [-0.3, -0.25) is 0 Å². The van der Waals surface area contributed by atoms with Gasteiger partial charge in [-0.2, -0.15) is 0 Å². The molecule has 0 aliphatic heterocycles. The first-order chi connectivity index (χ1) is 23.8. The van der Waals surface area contributed by atoms with Crippen LogP contribution in [0.3, 0.4) is 0 Å². The number of thiophene rings is 1. The van der Waals surface area contributed by atoms with Crippen LogP contribution in [0.1, 0.15) is 0 Å². The number of hydrogen-bond acceptors (Lipinski definition) is 2. The molecule has 0 bridgehead atoms. The quantitative estimate of drug-likeness (QED) is 0.177. The number of anilines is 3. The van der Waals surface area contributed by atoms with E-state index in [9.17, 15) is 0 Å². The highest BCUT2D eigenvalue weighted by atomic mass is 32.1. The number of hydrogen-bond donors (Lipinski definition) is 0. The van der Waals surface area contributed by atoms with E-state index in [-0.39, 0.29) is 0 Å². The maximum atomic E-state index is 2.35. The Balaban J connectivity index is 1.11. The summed E-state index contributed by atoms with van der Waals surface area (Å²) in [6.07, 6.45) is 0. The van der Waals surface area contributed by atoms with Crippen molar-refractivity contribution in [3.05, 3.63) is 188 Å². The average Bonchev–Trinajstić information content (AvgIpc) is 3.55. The van der Waals surface area contributed by atoms with Crippen LogP contribution in [-0.2, 0) is 0 Å². The van der Waals surface area contributed by atoms with E-state index < -0.39 is 0 Å². The molecule has 1 nitrogen and oxygen atoms in total. The molecule has 2 heteroatoms. The Morgan fingerprint density at radius 1 is 0.333 bits per heavy atom. The maximum Gasteiger partial charge on any atom is 0.0467 e. The molecule has 0 radical (unpaired) electrons. The van der Waals surface area contributed by atoms with Gasteiger partial charge in [0.05, 0.1) is 0 Å². The van der Waals surface area contributed by atoms with E-state index in [0.717, 1.165) is 17.1 Å². The second-order valence-electron chi connectivity index (χ2n) is 12.2. The van der Waals surface area contributed by atoms with Gasteiger partial charge in [-0.05, 0) is 98.8 Å². The van der Waals surface area contributed by atoms with Crippen molar-refractivity contribution in [1.82, 2.24) is 0 Å². The zero-order valence-corrected chi connectivity index (χ0v) is 27.1. The van der Waals surface area contributed by atoms with E-state index in [2.05, 4.69) is 193 Å². The van der Waals surface area contributed by atoms with Gasteiger partial charge < -0.3 is 4.90 Å². The third-order valence-electron chi connectivity index (χ3n) is 9.25. The molecule has 1 heterocycles. The summed E-state index contributed by atoms with van der Waals surface area (Å²) in [5.74, 6) is 0. The van der Waals surface area contributed by atoms with Gasteiger partial charge in [0.1, 0.15) is 0 Å². The van der Waals surface area contributed by atoms with E-state index >= 15 is 0 Å². The predicted octanol–water partition coefficient (Wildman–Crippen LogP) is 13.7. The minimum Gasteiger partial charge on any atom is -0.310 e. The van der Waals surface area contributed by atoms with Gasteiger partial charge in [0.15, 0.2) is 0 Å². The average molecular weight is 630 g/mol. The fourth-order valence-electron chi connectivity index (χ4n) is 7.00. The molecule has 0 spiro atoms. The number of rotatable bonds is 6. The summed E-state index contributed by atoms with van der Waals surface area (Å²) >= 11 is 1.86. The summed E-state index contributed by atoms with van der Waals surface area (Å²) in [7, 11) is 0. The van der Waals surface area contributed by atoms with E-state index in [1.54, 1.807) is 0 Å². The molecular formula is C46H31NS.